The molecule has 8 aromatic rings. The van der Waals surface area contributed by atoms with Crippen LogP contribution in [0.15, 0.2) is 146 Å². The number of rotatable bonds is 5. The highest BCUT2D eigenvalue weighted by molar-refractivity contribution is 6.22. The summed E-state index contributed by atoms with van der Waals surface area (Å²) in [5, 5.41) is 4.93. The average Bonchev–Trinajstić information content (AvgIpc) is 3.46. The van der Waals surface area contributed by atoms with Crippen molar-refractivity contribution < 1.29 is 0 Å². The number of para-hydroxylation sites is 3. The summed E-state index contributed by atoms with van der Waals surface area (Å²) < 4.78 is 2.35. The number of nitrogens with zero attached hydrogens (tertiary/aromatic N) is 3. The van der Waals surface area contributed by atoms with Gasteiger partial charge in [-0.25, -0.2) is 4.98 Å². The van der Waals surface area contributed by atoms with Gasteiger partial charge in [0.25, 0.3) is 0 Å². The summed E-state index contributed by atoms with van der Waals surface area (Å²) in [6.45, 7) is 2.18. The number of fused-ring (bicyclic) bond motifs is 3. The molecule has 0 N–H and O–H groups in total. The Morgan fingerprint density at radius 2 is 1.19 bits per heavy atom. The van der Waals surface area contributed by atoms with Crippen molar-refractivity contribution in [2.75, 3.05) is 0 Å². The van der Waals surface area contributed by atoms with Crippen molar-refractivity contribution >= 4 is 32.6 Å². The van der Waals surface area contributed by atoms with E-state index < -0.39 is 0 Å². The molecule has 2 heterocycles. The zero-order chi connectivity index (χ0) is 28.8. The Kier molecular flexibility index (Phi) is 6.08. The first-order valence-electron chi connectivity index (χ1n) is 14.8. The Balaban J connectivity index is 1.45. The van der Waals surface area contributed by atoms with Gasteiger partial charge in [0, 0.05) is 23.7 Å². The Labute approximate surface area is 250 Å². The third-order valence-electron chi connectivity index (χ3n) is 8.40. The van der Waals surface area contributed by atoms with Gasteiger partial charge in [-0.05, 0) is 74.6 Å². The van der Waals surface area contributed by atoms with Crippen LogP contribution in [0.5, 0.6) is 0 Å². The van der Waals surface area contributed by atoms with Gasteiger partial charge in [-0.3, -0.25) is 9.55 Å². The third kappa shape index (κ3) is 4.12. The summed E-state index contributed by atoms with van der Waals surface area (Å²) in [6, 6.07) is 49.7. The molecule has 8 rings (SSSR count). The monoisotopic (exact) mass is 551 g/mol. The highest BCUT2D eigenvalue weighted by Crippen LogP contribution is 2.45. The van der Waals surface area contributed by atoms with Crippen LogP contribution in [0.25, 0.3) is 71.8 Å². The van der Waals surface area contributed by atoms with Crippen LogP contribution in [0, 0.1) is 0 Å². The molecule has 3 nitrogen and oxygen atoms in total. The molecule has 6 aromatic carbocycles. The van der Waals surface area contributed by atoms with E-state index in [1.807, 2.05) is 18.3 Å². The molecule has 0 spiro atoms. The van der Waals surface area contributed by atoms with E-state index in [4.69, 9.17) is 4.98 Å². The zero-order valence-corrected chi connectivity index (χ0v) is 23.9. The van der Waals surface area contributed by atoms with Crippen molar-refractivity contribution in [2.45, 2.75) is 13.3 Å². The van der Waals surface area contributed by atoms with Crippen molar-refractivity contribution in [3.05, 3.63) is 152 Å². The van der Waals surface area contributed by atoms with Gasteiger partial charge in [0.2, 0.25) is 0 Å². The number of aryl methyl sites for hydroxylation is 1. The average molecular weight is 552 g/mol. The van der Waals surface area contributed by atoms with Crippen molar-refractivity contribution in [1.29, 1.82) is 0 Å². The van der Waals surface area contributed by atoms with E-state index >= 15 is 0 Å². The van der Waals surface area contributed by atoms with Gasteiger partial charge in [-0.15, -0.1) is 0 Å². The molecule has 0 radical (unpaired) electrons. The molecule has 43 heavy (non-hydrogen) atoms. The molecule has 0 amide bonds. The van der Waals surface area contributed by atoms with Crippen LogP contribution in [0.1, 0.15) is 12.7 Å². The van der Waals surface area contributed by atoms with E-state index in [0.29, 0.717) is 0 Å². The topological polar surface area (TPSA) is 30.7 Å². The zero-order valence-electron chi connectivity index (χ0n) is 23.9. The minimum Gasteiger partial charge on any atom is -0.296 e. The summed E-state index contributed by atoms with van der Waals surface area (Å²) in [6.07, 6.45) is 2.70. The lowest BCUT2D eigenvalue weighted by atomic mass is 9.85. The molecule has 0 fully saturated rings. The predicted octanol–water partition coefficient (Wildman–Crippen LogP) is 10.3. The first kappa shape index (κ1) is 25.2. The van der Waals surface area contributed by atoms with Gasteiger partial charge in [0.1, 0.15) is 5.82 Å². The summed E-state index contributed by atoms with van der Waals surface area (Å²) in [7, 11) is 0. The molecule has 0 aliphatic carbocycles. The van der Waals surface area contributed by atoms with Crippen molar-refractivity contribution in [1.82, 2.24) is 14.5 Å². The number of imidazole rings is 1. The second kappa shape index (κ2) is 10.4. The van der Waals surface area contributed by atoms with Crippen LogP contribution >= 0.6 is 0 Å². The van der Waals surface area contributed by atoms with E-state index in [9.17, 15) is 0 Å². The summed E-state index contributed by atoms with van der Waals surface area (Å²) in [5.41, 5.74) is 10.2. The molecule has 0 bridgehead atoms. The molecule has 0 atom stereocenters. The van der Waals surface area contributed by atoms with Crippen LogP contribution < -0.4 is 0 Å². The van der Waals surface area contributed by atoms with Gasteiger partial charge < -0.3 is 0 Å². The van der Waals surface area contributed by atoms with Crippen molar-refractivity contribution in [3.63, 3.8) is 0 Å². The van der Waals surface area contributed by atoms with Gasteiger partial charge >= 0.3 is 0 Å². The molecule has 0 saturated carbocycles. The first-order valence-corrected chi connectivity index (χ1v) is 14.8. The smallest absolute Gasteiger partial charge is 0.114 e. The maximum atomic E-state index is 5.01. The lowest BCUT2D eigenvalue weighted by Gasteiger charge is -2.20. The van der Waals surface area contributed by atoms with E-state index in [-0.39, 0.29) is 0 Å². The Hall–Kier alpha value is -5.54. The SMILES string of the molecule is CCc1nc2ccccc2n1-c1ccccc1-c1c2ccccc2c(-c2cccc(-c3ccccn3)c2)c2ccccc12. The Bertz CT molecular complexity index is 2220. The quantitative estimate of drug-likeness (QED) is 0.199. The Morgan fingerprint density at radius 1 is 0.558 bits per heavy atom. The largest absolute Gasteiger partial charge is 0.296 e. The van der Waals surface area contributed by atoms with Gasteiger partial charge in [0.05, 0.1) is 22.4 Å². The van der Waals surface area contributed by atoms with Crippen LogP contribution in [-0.4, -0.2) is 14.5 Å². The van der Waals surface area contributed by atoms with E-state index in [2.05, 4.69) is 144 Å². The molecule has 0 unspecified atom stereocenters. The van der Waals surface area contributed by atoms with Crippen LogP contribution in [0.4, 0.5) is 0 Å². The van der Waals surface area contributed by atoms with Crippen molar-refractivity contribution in [3.8, 4) is 39.2 Å². The minimum atomic E-state index is 0.843. The number of hydrogen-bond acceptors (Lipinski definition) is 2. The lowest BCUT2D eigenvalue weighted by molar-refractivity contribution is 0.909. The maximum Gasteiger partial charge on any atom is 0.114 e. The Morgan fingerprint density at radius 3 is 1.91 bits per heavy atom. The highest BCUT2D eigenvalue weighted by Gasteiger charge is 2.21. The lowest BCUT2D eigenvalue weighted by Crippen LogP contribution is -2.03. The maximum absolute atomic E-state index is 5.01. The van der Waals surface area contributed by atoms with Gasteiger partial charge in [0.15, 0.2) is 0 Å². The second-order valence-corrected chi connectivity index (χ2v) is 10.9. The van der Waals surface area contributed by atoms with Crippen LogP contribution in [0.3, 0.4) is 0 Å². The fourth-order valence-electron chi connectivity index (χ4n) is 6.56. The van der Waals surface area contributed by atoms with Crippen LogP contribution in [-0.2, 0) is 6.42 Å². The first-order chi connectivity index (χ1) is 21.3. The number of benzene rings is 6. The number of hydrogen-bond donors (Lipinski definition) is 0. The summed E-state index contributed by atoms with van der Waals surface area (Å²) in [4.78, 5) is 9.64. The summed E-state index contributed by atoms with van der Waals surface area (Å²) in [5.74, 6) is 1.06. The highest BCUT2D eigenvalue weighted by atomic mass is 15.1. The predicted molar refractivity (Wildman–Crippen MR) is 180 cm³/mol. The fourth-order valence-corrected chi connectivity index (χ4v) is 6.56. The van der Waals surface area contributed by atoms with E-state index in [1.54, 1.807) is 0 Å². The number of aromatic nitrogens is 3. The molecular formula is C40H29N3. The molecule has 0 saturated heterocycles. The normalized spacial score (nSPS) is 11.5. The molecule has 3 heteroatoms. The standard InChI is InChI=1S/C40H29N3/c1-2-38-42-35-22-8-10-24-37(35)43(38)36-23-9-7-20-33(36)40-31-18-5-3-16-29(31)39(30-17-4-6-19-32(30)40)28-15-13-14-27(26-28)34-21-11-12-25-41-34/h3-26H,2H2,1H3. The second-order valence-electron chi connectivity index (χ2n) is 10.9. The molecule has 2 aromatic heterocycles. The molecule has 204 valence electrons. The van der Waals surface area contributed by atoms with Gasteiger partial charge in [-0.2, -0.15) is 0 Å². The van der Waals surface area contributed by atoms with E-state index in [1.165, 1.54) is 43.8 Å². The van der Waals surface area contributed by atoms with Crippen molar-refractivity contribution in [2.24, 2.45) is 0 Å². The summed E-state index contributed by atoms with van der Waals surface area (Å²) >= 11 is 0. The molecular weight excluding hydrogens is 522 g/mol. The van der Waals surface area contributed by atoms with E-state index in [0.717, 1.165) is 40.2 Å². The third-order valence-corrected chi connectivity index (χ3v) is 8.40. The number of pyridine rings is 1. The molecule has 0 aliphatic heterocycles. The minimum absolute atomic E-state index is 0.843. The van der Waals surface area contributed by atoms with Gasteiger partial charge in [-0.1, -0.05) is 110 Å². The molecule has 0 aliphatic rings. The fraction of sp³-hybridized carbons (Fsp3) is 0.0500. The van der Waals surface area contributed by atoms with Crippen LogP contribution in [0.2, 0.25) is 0 Å².